The van der Waals surface area contributed by atoms with E-state index in [1.165, 1.54) is 142 Å². The number of esters is 7. The number of hydrogen-bond acceptors (Lipinski definition) is 17. The minimum Gasteiger partial charge on any atom is -0.463 e. The summed E-state index contributed by atoms with van der Waals surface area (Å²) in [6.45, 7) is 11.3. The third kappa shape index (κ3) is 37.4. The van der Waals surface area contributed by atoms with E-state index in [2.05, 4.69) is 31.3 Å². The Hall–Kier alpha value is -4.58. The third-order valence-corrected chi connectivity index (χ3v) is 14.0. The summed E-state index contributed by atoms with van der Waals surface area (Å²) in [6, 6.07) is -1.37. The van der Waals surface area contributed by atoms with Gasteiger partial charge in [0.05, 0.1) is 12.6 Å². The van der Waals surface area contributed by atoms with Gasteiger partial charge in [0.15, 0.2) is 36.8 Å². The zero-order valence-corrected chi connectivity index (χ0v) is 50.8. The van der Waals surface area contributed by atoms with Crippen molar-refractivity contribution in [3.8, 4) is 0 Å². The number of carbonyl (C=O) groups excluding carboxylic acids is 8. The van der Waals surface area contributed by atoms with Gasteiger partial charge in [-0.15, -0.1) is 0 Å². The van der Waals surface area contributed by atoms with Gasteiger partial charge in [-0.1, -0.05) is 187 Å². The molecule has 1 rings (SSSR count). The molecule has 0 radical (unpaired) electrons. The van der Waals surface area contributed by atoms with Crippen molar-refractivity contribution >= 4 is 47.7 Å². The monoisotopic (exact) mass is 1140 g/mol. The Morgan fingerprint density at radius 3 is 1.29 bits per heavy atom. The highest BCUT2D eigenvalue weighted by Crippen LogP contribution is 2.31. The maximum absolute atomic E-state index is 14.5. The molecule has 0 aromatic heterocycles. The number of hydrogen-bond donors (Lipinski definition) is 1. The largest absolute Gasteiger partial charge is 0.463 e. The van der Waals surface area contributed by atoms with Gasteiger partial charge in [0.1, 0.15) is 18.8 Å². The molecule has 18 heteroatoms. The second-order valence-corrected chi connectivity index (χ2v) is 21.7. The van der Waals surface area contributed by atoms with E-state index in [1.54, 1.807) is 0 Å². The molecule has 1 saturated heterocycles. The minimum atomic E-state index is -1.68. The SMILES string of the molecule is CCCCCCCCC/C=C\CCC[C@@H](OC(C)=O)[C@@H](OC(C)=O)[C@H](CO[C@@H]1O[C@H](COC(C)=O)[C@@H](OC(C)=O)[C@H](OC(C)=O)[C@H]1OC(C)=O)NC(=O)C(CCCCCCCCCCCCCCCCCCCCCC)OC(C)=O. The van der Waals surface area contributed by atoms with Crippen molar-refractivity contribution in [3.63, 3.8) is 0 Å². The molecular weight excluding hydrogens is 1030 g/mol. The van der Waals surface area contributed by atoms with Crippen molar-refractivity contribution in [2.75, 3.05) is 13.2 Å². The Kier molecular flexibility index (Phi) is 43.1. The molecule has 0 bridgehead atoms. The van der Waals surface area contributed by atoms with E-state index < -0.39 is 116 Å². The number of ether oxygens (including phenoxy) is 9. The highest BCUT2D eigenvalue weighted by molar-refractivity contribution is 5.83. The Morgan fingerprint density at radius 1 is 0.438 bits per heavy atom. The summed E-state index contributed by atoms with van der Waals surface area (Å²) < 4.78 is 51.8. The molecule has 1 heterocycles. The maximum Gasteiger partial charge on any atom is 0.303 e. The van der Waals surface area contributed by atoms with Crippen molar-refractivity contribution < 1.29 is 81.0 Å². The van der Waals surface area contributed by atoms with E-state index in [9.17, 15) is 38.4 Å². The van der Waals surface area contributed by atoms with Crippen LogP contribution in [0.2, 0.25) is 0 Å². The first kappa shape index (κ1) is 73.4. The number of carbonyl (C=O) groups is 8. The Labute approximate surface area is 480 Å². The zero-order valence-electron chi connectivity index (χ0n) is 50.8. The van der Waals surface area contributed by atoms with Crippen molar-refractivity contribution in [2.45, 2.75) is 323 Å². The fourth-order valence-corrected chi connectivity index (χ4v) is 10.0. The summed E-state index contributed by atoms with van der Waals surface area (Å²) in [7, 11) is 0. The maximum atomic E-state index is 14.5. The van der Waals surface area contributed by atoms with Crippen LogP contribution in [0.3, 0.4) is 0 Å². The number of amides is 1. The number of allylic oxidation sites excluding steroid dienone is 2. The average Bonchev–Trinajstić information content (AvgIpc) is 3.38. The van der Waals surface area contributed by atoms with Crippen LogP contribution in [0.4, 0.5) is 0 Å². The topological polar surface area (TPSA) is 232 Å². The Bertz CT molecular complexity index is 1760. The van der Waals surface area contributed by atoms with Crippen LogP contribution in [0.25, 0.3) is 0 Å². The highest BCUT2D eigenvalue weighted by atomic mass is 16.7. The first-order chi connectivity index (χ1) is 38.4. The van der Waals surface area contributed by atoms with Crippen LogP contribution in [0.1, 0.15) is 268 Å². The zero-order chi connectivity index (χ0) is 59.3. The van der Waals surface area contributed by atoms with Crippen LogP contribution in [-0.4, -0.2) is 116 Å². The molecule has 9 atom stereocenters. The van der Waals surface area contributed by atoms with Gasteiger partial charge in [0, 0.05) is 48.5 Å². The molecule has 462 valence electrons. The molecule has 1 aliphatic rings. The minimum absolute atomic E-state index is 0.175. The lowest BCUT2D eigenvalue weighted by molar-refractivity contribution is -0.310. The third-order valence-electron chi connectivity index (χ3n) is 14.0. The first-order valence-corrected chi connectivity index (χ1v) is 30.8. The van der Waals surface area contributed by atoms with Gasteiger partial charge >= 0.3 is 41.8 Å². The quantitative estimate of drug-likeness (QED) is 0.0258. The van der Waals surface area contributed by atoms with E-state index in [-0.39, 0.29) is 12.8 Å². The molecule has 1 amide bonds. The van der Waals surface area contributed by atoms with Crippen LogP contribution in [-0.2, 0) is 81.0 Å². The van der Waals surface area contributed by atoms with Gasteiger partial charge in [-0.2, -0.15) is 0 Å². The van der Waals surface area contributed by atoms with Crippen molar-refractivity contribution in [1.29, 1.82) is 0 Å². The van der Waals surface area contributed by atoms with Gasteiger partial charge in [-0.05, 0) is 44.9 Å². The fourth-order valence-electron chi connectivity index (χ4n) is 10.0. The lowest BCUT2D eigenvalue weighted by Crippen LogP contribution is -2.63. The molecule has 1 fully saturated rings. The molecule has 0 saturated carbocycles. The molecule has 0 aliphatic carbocycles. The van der Waals surface area contributed by atoms with Crippen LogP contribution < -0.4 is 5.32 Å². The second kappa shape index (κ2) is 47.0. The summed E-state index contributed by atoms with van der Waals surface area (Å²) in [5.41, 5.74) is 0. The number of nitrogens with one attached hydrogen (secondary N) is 1. The molecule has 1 aliphatic heterocycles. The fraction of sp³-hybridized carbons (Fsp3) is 0.839. The van der Waals surface area contributed by atoms with Crippen LogP contribution in [0, 0.1) is 0 Å². The van der Waals surface area contributed by atoms with Crippen LogP contribution >= 0.6 is 0 Å². The molecule has 18 nitrogen and oxygen atoms in total. The van der Waals surface area contributed by atoms with E-state index in [0.717, 1.165) is 79.6 Å². The van der Waals surface area contributed by atoms with E-state index in [0.29, 0.717) is 19.3 Å². The van der Waals surface area contributed by atoms with Gasteiger partial charge in [-0.3, -0.25) is 38.4 Å². The van der Waals surface area contributed by atoms with Crippen LogP contribution in [0.5, 0.6) is 0 Å². The molecule has 80 heavy (non-hydrogen) atoms. The number of unbranched alkanes of at least 4 members (excludes halogenated alkanes) is 27. The molecule has 0 aromatic carbocycles. The summed E-state index contributed by atoms with van der Waals surface area (Å²) in [5.74, 6) is -6.19. The molecular formula is C62H107NO17. The summed E-state index contributed by atoms with van der Waals surface area (Å²) in [6.07, 6.45) is 27.6. The predicted octanol–water partition coefficient (Wildman–Crippen LogP) is 12.4. The molecule has 1 N–H and O–H groups in total. The van der Waals surface area contributed by atoms with E-state index >= 15 is 0 Å². The van der Waals surface area contributed by atoms with E-state index in [1.807, 2.05) is 0 Å². The lowest BCUT2D eigenvalue weighted by Gasteiger charge is -2.44. The lowest BCUT2D eigenvalue weighted by atomic mass is 9.97. The van der Waals surface area contributed by atoms with Gasteiger partial charge in [-0.25, -0.2) is 0 Å². The van der Waals surface area contributed by atoms with E-state index in [4.69, 9.17) is 42.6 Å². The predicted molar refractivity (Wildman–Crippen MR) is 305 cm³/mol. The Balaban J connectivity index is 3.33. The van der Waals surface area contributed by atoms with Gasteiger partial charge in [0.25, 0.3) is 5.91 Å². The van der Waals surface area contributed by atoms with Crippen LogP contribution in [0.15, 0.2) is 12.2 Å². The summed E-state index contributed by atoms with van der Waals surface area (Å²) >= 11 is 0. The normalized spacial score (nSPS) is 18.5. The standard InChI is InChI=1S/C62H107NO17/c1-10-12-14-16-18-20-22-24-25-26-27-28-29-30-31-33-35-37-39-41-43-55(75-48(5)66)61(71)63-53(57(76-49(6)67)54(74-47(4)65)42-40-38-36-34-32-23-21-19-17-15-13-11-2)44-73-62-60(79-52(9)70)59(78-51(8)69)58(77-50(7)68)56(80-62)45-72-46(3)64/h34,36,53-60,62H,10-33,35,37-45H2,1-9H3,(H,63,71)/b36-34-/t53-,54+,55?,56+,57-,58+,59-,60+,62+/m0/s1. The average molecular weight is 1140 g/mol. The smallest absolute Gasteiger partial charge is 0.303 e. The van der Waals surface area contributed by atoms with Gasteiger partial charge in [0.2, 0.25) is 0 Å². The van der Waals surface area contributed by atoms with Crippen molar-refractivity contribution in [3.05, 3.63) is 12.2 Å². The molecule has 0 spiro atoms. The van der Waals surface area contributed by atoms with Crippen molar-refractivity contribution in [1.82, 2.24) is 5.32 Å². The molecule has 0 aromatic rings. The highest BCUT2D eigenvalue weighted by Gasteiger charge is 2.53. The second-order valence-electron chi connectivity index (χ2n) is 21.7. The number of rotatable bonds is 48. The summed E-state index contributed by atoms with van der Waals surface area (Å²) in [4.78, 5) is 102. The van der Waals surface area contributed by atoms with Crippen molar-refractivity contribution in [2.24, 2.45) is 0 Å². The molecule has 1 unspecified atom stereocenters. The first-order valence-electron chi connectivity index (χ1n) is 30.8. The Morgan fingerprint density at radius 2 is 0.850 bits per heavy atom. The summed E-state index contributed by atoms with van der Waals surface area (Å²) in [5, 5.41) is 2.85. The van der Waals surface area contributed by atoms with Gasteiger partial charge < -0.3 is 47.9 Å².